The number of piperidine rings is 1. The predicted octanol–water partition coefficient (Wildman–Crippen LogP) is 0.622. The van der Waals surface area contributed by atoms with Gasteiger partial charge in [-0.2, -0.15) is 5.10 Å². The average Bonchev–Trinajstić information content (AvgIpc) is 2.76. The number of hydrogen-bond acceptors (Lipinski definition) is 5. The van der Waals surface area contributed by atoms with Gasteiger partial charge in [-0.1, -0.05) is 24.3 Å². The number of fused-ring (bicyclic) bond motifs is 5. The smallest absolute Gasteiger partial charge is 0.274 e. The van der Waals surface area contributed by atoms with Crippen LogP contribution < -0.4 is 21.8 Å². The van der Waals surface area contributed by atoms with Gasteiger partial charge in [-0.05, 0) is 18.6 Å². The molecule has 8 nitrogen and oxygen atoms in total. The summed E-state index contributed by atoms with van der Waals surface area (Å²) in [5.41, 5.74) is 0.594. The van der Waals surface area contributed by atoms with Crippen molar-refractivity contribution in [3.63, 3.8) is 0 Å². The number of pyridine rings is 1. The lowest BCUT2D eigenvalue weighted by atomic mass is 9.79. The first-order valence-electron chi connectivity index (χ1n) is 10.3. The molecule has 5 rings (SSSR count). The van der Waals surface area contributed by atoms with Gasteiger partial charge in [-0.3, -0.25) is 19.0 Å². The molecule has 2 N–H and O–H groups in total. The van der Waals surface area contributed by atoms with E-state index in [0.29, 0.717) is 11.9 Å². The van der Waals surface area contributed by atoms with Crippen LogP contribution in [0, 0.1) is 5.92 Å². The number of benzene rings is 1. The van der Waals surface area contributed by atoms with Gasteiger partial charge < -0.3 is 10.6 Å². The van der Waals surface area contributed by atoms with Gasteiger partial charge in [-0.15, -0.1) is 0 Å². The van der Waals surface area contributed by atoms with Crippen molar-refractivity contribution >= 4 is 16.7 Å². The molecule has 2 aliphatic heterocycles. The van der Waals surface area contributed by atoms with Gasteiger partial charge in [0.15, 0.2) is 0 Å². The molecular weight excluding hydrogens is 382 g/mol. The van der Waals surface area contributed by atoms with Crippen molar-refractivity contribution in [1.29, 1.82) is 0 Å². The zero-order chi connectivity index (χ0) is 20.7. The quantitative estimate of drug-likeness (QED) is 0.663. The summed E-state index contributed by atoms with van der Waals surface area (Å²) in [7, 11) is 0. The first kappa shape index (κ1) is 18.7. The van der Waals surface area contributed by atoms with Crippen LogP contribution in [0.2, 0.25) is 0 Å². The molecule has 1 amide bonds. The first-order chi connectivity index (χ1) is 14.6. The molecule has 2 aromatic heterocycles. The van der Waals surface area contributed by atoms with Crippen molar-refractivity contribution in [2.45, 2.75) is 24.9 Å². The summed E-state index contributed by atoms with van der Waals surface area (Å²) in [4.78, 5) is 38.3. The maximum atomic E-state index is 13.1. The number of hydrogen-bond donors (Lipinski definition) is 2. The molecular formula is C22H23N5O3. The Kier molecular flexibility index (Phi) is 4.71. The summed E-state index contributed by atoms with van der Waals surface area (Å²) < 4.78 is 3.03. The summed E-state index contributed by atoms with van der Waals surface area (Å²) >= 11 is 0. The van der Waals surface area contributed by atoms with Gasteiger partial charge >= 0.3 is 0 Å². The molecule has 3 aromatic rings. The highest BCUT2D eigenvalue weighted by atomic mass is 16.2. The van der Waals surface area contributed by atoms with Crippen molar-refractivity contribution in [2.75, 3.05) is 19.6 Å². The van der Waals surface area contributed by atoms with Crippen molar-refractivity contribution in [3.05, 3.63) is 75.1 Å². The fourth-order valence-corrected chi connectivity index (χ4v) is 4.81. The fourth-order valence-electron chi connectivity index (χ4n) is 4.81. The molecule has 2 aliphatic rings. The minimum atomic E-state index is -0.543. The molecule has 30 heavy (non-hydrogen) atoms. The number of nitrogens with one attached hydrogen (secondary N) is 2. The molecule has 0 unspecified atom stereocenters. The summed E-state index contributed by atoms with van der Waals surface area (Å²) in [6.45, 7) is 2.07. The zero-order valence-corrected chi connectivity index (χ0v) is 16.5. The number of carbonyl (C=O) groups is 1. The van der Waals surface area contributed by atoms with Crippen molar-refractivity contribution in [3.8, 4) is 0 Å². The lowest BCUT2D eigenvalue weighted by Crippen LogP contribution is -2.52. The van der Waals surface area contributed by atoms with Gasteiger partial charge in [0.25, 0.3) is 11.1 Å². The average molecular weight is 405 g/mol. The summed E-state index contributed by atoms with van der Waals surface area (Å²) in [5.74, 6) is 0.130. The lowest BCUT2D eigenvalue weighted by molar-refractivity contribution is -0.127. The monoisotopic (exact) mass is 405 g/mol. The second-order valence-electron chi connectivity index (χ2n) is 8.01. The minimum Gasteiger partial charge on any atom is -0.352 e. The third-order valence-corrected chi connectivity index (χ3v) is 6.20. The van der Waals surface area contributed by atoms with Crippen molar-refractivity contribution in [1.82, 2.24) is 25.0 Å². The molecule has 0 radical (unpaired) electrons. The summed E-state index contributed by atoms with van der Waals surface area (Å²) in [6, 6.07) is 12.0. The Morgan fingerprint density at radius 1 is 1.13 bits per heavy atom. The zero-order valence-electron chi connectivity index (χ0n) is 16.5. The van der Waals surface area contributed by atoms with Crippen molar-refractivity contribution in [2.24, 2.45) is 5.92 Å². The van der Waals surface area contributed by atoms with E-state index in [4.69, 9.17) is 0 Å². The van der Waals surface area contributed by atoms with Crippen molar-refractivity contribution < 1.29 is 4.79 Å². The third-order valence-electron chi connectivity index (χ3n) is 6.20. The van der Waals surface area contributed by atoms with E-state index in [1.54, 1.807) is 22.9 Å². The SMILES string of the molecule is O=C(NCCn1ncc2ccccc2c1=O)[C@H]1[C@@H]2CNC[C@@H](C2)c2cccc(=O)n21. The lowest BCUT2D eigenvalue weighted by Gasteiger charge is -2.42. The van der Waals surface area contributed by atoms with E-state index < -0.39 is 6.04 Å². The first-order valence-corrected chi connectivity index (χ1v) is 10.3. The highest BCUT2D eigenvalue weighted by Crippen LogP contribution is 2.38. The van der Waals surface area contributed by atoms with Crippen LogP contribution in [-0.2, 0) is 11.3 Å². The molecule has 1 saturated heterocycles. The molecule has 1 aromatic carbocycles. The fraction of sp³-hybridized carbons (Fsp3) is 0.364. The topological polar surface area (TPSA) is 98.0 Å². The molecule has 0 aliphatic carbocycles. The van der Waals surface area contributed by atoms with E-state index in [2.05, 4.69) is 15.7 Å². The van der Waals surface area contributed by atoms with Gasteiger partial charge in [0.05, 0.1) is 18.1 Å². The van der Waals surface area contributed by atoms with Crippen LogP contribution in [-0.4, -0.2) is 39.9 Å². The summed E-state index contributed by atoms with van der Waals surface area (Å²) in [5, 5.41) is 11.9. The van der Waals surface area contributed by atoms with E-state index in [1.807, 2.05) is 24.3 Å². The molecule has 2 bridgehead atoms. The van der Waals surface area contributed by atoms with Crippen LogP contribution in [0.5, 0.6) is 0 Å². The van der Waals surface area contributed by atoms with Crippen LogP contribution in [0.15, 0.2) is 58.3 Å². The Morgan fingerprint density at radius 2 is 2.00 bits per heavy atom. The Morgan fingerprint density at radius 3 is 2.90 bits per heavy atom. The molecule has 4 heterocycles. The number of aromatic nitrogens is 3. The van der Waals surface area contributed by atoms with E-state index in [0.717, 1.165) is 24.0 Å². The normalized spacial score (nSPS) is 22.5. The molecule has 1 fully saturated rings. The van der Waals surface area contributed by atoms with Crippen LogP contribution in [0.1, 0.15) is 24.1 Å². The van der Waals surface area contributed by atoms with Gasteiger partial charge in [-0.25, -0.2) is 4.68 Å². The Balaban J connectivity index is 1.35. The van der Waals surface area contributed by atoms with Crippen LogP contribution >= 0.6 is 0 Å². The third kappa shape index (κ3) is 3.13. The van der Waals surface area contributed by atoms with Crippen LogP contribution in [0.3, 0.4) is 0 Å². The predicted molar refractivity (Wildman–Crippen MR) is 112 cm³/mol. The van der Waals surface area contributed by atoms with Crippen LogP contribution in [0.4, 0.5) is 0 Å². The molecule has 0 spiro atoms. The Hall–Kier alpha value is -3.26. The second kappa shape index (κ2) is 7.53. The van der Waals surface area contributed by atoms with E-state index in [-0.39, 0.29) is 42.0 Å². The standard InChI is InChI=1S/C22H23N5O3/c28-19-7-3-6-18-15-10-16(12-23-11-15)20(27(18)19)21(29)24-8-9-26-22(30)17-5-2-1-4-14(17)13-25-26/h1-7,13,15-16,20,23H,8-12H2,(H,24,29)/t15-,16+,20-/m1/s1. The number of carbonyl (C=O) groups excluding carboxylic acids is 1. The van der Waals surface area contributed by atoms with E-state index in [1.165, 1.54) is 10.7 Å². The van der Waals surface area contributed by atoms with Gasteiger partial charge in [0.1, 0.15) is 6.04 Å². The number of rotatable bonds is 4. The maximum absolute atomic E-state index is 13.1. The highest BCUT2D eigenvalue weighted by Gasteiger charge is 2.41. The van der Waals surface area contributed by atoms with Gasteiger partial charge in [0, 0.05) is 48.6 Å². The number of nitrogens with zero attached hydrogens (tertiary/aromatic N) is 3. The Labute approximate surface area is 172 Å². The second-order valence-corrected chi connectivity index (χ2v) is 8.01. The molecule has 0 saturated carbocycles. The molecule has 154 valence electrons. The van der Waals surface area contributed by atoms with E-state index in [9.17, 15) is 14.4 Å². The molecule has 8 heteroatoms. The largest absolute Gasteiger partial charge is 0.352 e. The summed E-state index contributed by atoms with van der Waals surface area (Å²) in [6.07, 6.45) is 2.55. The minimum absolute atomic E-state index is 0.0675. The highest BCUT2D eigenvalue weighted by molar-refractivity contribution is 5.81. The van der Waals surface area contributed by atoms with Crippen LogP contribution in [0.25, 0.3) is 10.8 Å². The number of amides is 1. The van der Waals surface area contributed by atoms with E-state index >= 15 is 0 Å². The Bertz CT molecular complexity index is 1230. The molecule has 3 atom stereocenters. The van der Waals surface area contributed by atoms with Gasteiger partial charge in [0.2, 0.25) is 5.91 Å². The maximum Gasteiger partial charge on any atom is 0.274 e.